The Morgan fingerprint density at radius 2 is 1.82 bits per heavy atom. The number of nitrogens with zero attached hydrogens (tertiary/aromatic N) is 5. The number of carbonyl (C=O) groups excluding carboxylic acids is 1. The average Bonchev–Trinajstić information content (AvgIpc) is 3.63. The minimum atomic E-state index is -0.278. The summed E-state index contributed by atoms with van der Waals surface area (Å²) in [5, 5.41) is 15.2. The standard InChI is InChI=1S/C30H25N7O3/c38-29-25(20-6-9-27-22(13-20)16-32-37(27)28-3-1-2-12-40-28)14-26(34-35-29)19-4-7-24(8-5-19)33-30(39)36-17-21-10-11-31-15-23(21)18-36/h3-11,13-16H,1-2,12,17-18H2,(H,33,39)(H,35,38). The normalized spacial score (nSPS) is 14.5. The molecule has 5 heterocycles. The summed E-state index contributed by atoms with van der Waals surface area (Å²) in [6.07, 6.45) is 9.33. The highest BCUT2D eigenvalue weighted by Crippen LogP contribution is 2.28. The van der Waals surface area contributed by atoms with Crippen LogP contribution in [0.2, 0.25) is 0 Å². The van der Waals surface area contributed by atoms with Gasteiger partial charge in [0.25, 0.3) is 5.56 Å². The van der Waals surface area contributed by atoms with Crippen molar-refractivity contribution in [2.75, 3.05) is 11.9 Å². The molecular weight excluding hydrogens is 506 g/mol. The van der Waals surface area contributed by atoms with Crippen molar-refractivity contribution in [1.29, 1.82) is 0 Å². The van der Waals surface area contributed by atoms with Gasteiger partial charge in [0.1, 0.15) is 0 Å². The number of pyridine rings is 1. The van der Waals surface area contributed by atoms with E-state index in [2.05, 4.69) is 25.6 Å². The van der Waals surface area contributed by atoms with Crippen LogP contribution in [-0.4, -0.2) is 42.5 Å². The van der Waals surface area contributed by atoms with E-state index < -0.39 is 0 Å². The molecule has 0 unspecified atom stereocenters. The topological polar surface area (TPSA) is 118 Å². The van der Waals surface area contributed by atoms with E-state index in [9.17, 15) is 9.59 Å². The van der Waals surface area contributed by atoms with Crippen LogP contribution in [0.5, 0.6) is 0 Å². The maximum Gasteiger partial charge on any atom is 0.322 e. The van der Waals surface area contributed by atoms with E-state index >= 15 is 0 Å². The van der Waals surface area contributed by atoms with Crippen molar-refractivity contribution in [3.8, 4) is 22.4 Å². The Morgan fingerprint density at radius 1 is 0.975 bits per heavy atom. The smallest absolute Gasteiger partial charge is 0.322 e. The first-order valence-electron chi connectivity index (χ1n) is 13.1. The Labute approximate surface area is 228 Å². The first-order valence-corrected chi connectivity index (χ1v) is 13.1. The summed E-state index contributed by atoms with van der Waals surface area (Å²) in [6.45, 7) is 1.78. The first kappa shape index (κ1) is 23.8. The summed E-state index contributed by atoms with van der Waals surface area (Å²) < 4.78 is 7.56. The van der Waals surface area contributed by atoms with E-state index in [1.807, 2.05) is 54.6 Å². The van der Waals surface area contributed by atoms with Gasteiger partial charge in [-0.05, 0) is 72.0 Å². The number of nitrogens with one attached hydrogen (secondary N) is 2. The number of hydrogen-bond donors (Lipinski definition) is 2. The molecule has 10 nitrogen and oxygen atoms in total. The second-order valence-corrected chi connectivity index (χ2v) is 9.87. The van der Waals surface area contributed by atoms with Crippen LogP contribution in [0.1, 0.15) is 24.0 Å². The van der Waals surface area contributed by atoms with E-state index in [1.165, 1.54) is 0 Å². The van der Waals surface area contributed by atoms with E-state index in [0.29, 0.717) is 36.6 Å². The van der Waals surface area contributed by atoms with Gasteiger partial charge in [-0.2, -0.15) is 10.2 Å². The van der Waals surface area contributed by atoms with Crippen LogP contribution in [0.3, 0.4) is 0 Å². The van der Waals surface area contributed by atoms with Crippen LogP contribution < -0.4 is 10.9 Å². The molecule has 7 rings (SSSR count). The van der Waals surface area contributed by atoms with Crippen molar-refractivity contribution in [2.24, 2.45) is 0 Å². The quantitative estimate of drug-likeness (QED) is 0.337. The predicted octanol–water partition coefficient (Wildman–Crippen LogP) is 5.01. The number of aromatic amines is 1. The number of carbonyl (C=O) groups is 1. The molecule has 0 fully saturated rings. The van der Waals surface area contributed by atoms with Crippen LogP contribution in [0.25, 0.3) is 39.2 Å². The van der Waals surface area contributed by atoms with Crippen molar-refractivity contribution < 1.29 is 9.53 Å². The van der Waals surface area contributed by atoms with E-state index in [4.69, 9.17) is 4.74 Å². The molecule has 0 aliphatic carbocycles. The summed E-state index contributed by atoms with van der Waals surface area (Å²) in [7, 11) is 0. The maximum atomic E-state index is 12.8. The van der Waals surface area contributed by atoms with Gasteiger partial charge in [-0.1, -0.05) is 18.2 Å². The second-order valence-electron chi connectivity index (χ2n) is 9.87. The fourth-order valence-corrected chi connectivity index (χ4v) is 5.13. The molecule has 2 aliphatic heterocycles. The number of rotatable bonds is 4. The van der Waals surface area contributed by atoms with Crippen molar-refractivity contribution in [2.45, 2.75) is 25.9 Å². The number of allylic oxidation sites excluding steroid dienone is 1. The Balaban J connectivity index is 1.10. The average molecular weight is 532 g/mol. The third-order valence-electron chi connectivity index (χ3n) is 7.25. The molecular formula is C30H25N7O3. The van der Waals surface area contributed by atoms with Crippen molar-refractivity contribution >= 4 is 28.5 Å². The van der Waals surface area contributed by atoms with Gasteiger partial charge in [0.2, 0.25) is 5.88 Å². The zero-order valence-electron chi connectivity index (χ0n) is 21.5. The van der Waals surface area contributed by atoms with Crippen molar-refractivity contribution in [3.05, 3.63) is 101 Å². The zero-order chi connectivity index (χ0) is 27.1. The molecule has 0 atom stereocenters. The van der Waals surface area contributed by atoms with Crippen LogP contribution in [-0.2, 0) is 17.8 Å². The van der Waals surface area contributed by atoms with Crippen LogP contribution in [0.15, 0.2) is 84.1 Å². The van der Waals surface area contributed by atoms with Gasteiger partial charge in [0.15, 0.2) is 0 Å². The van der Waals surface area contributed by atoms with E-state index in [0.717, 1.165) is 51.9 Å². The lowest BCUT2D eigenvalue weighted by atomic mass is 10.0. The van der Waals surface area contributed by atoms with Crippen molar-refractivity contribution in [1.82, 2.24) is 29.9 Å². The van der Waals surface area contributed by atoms with Crippen molar-refractivity contribution in [3.63, 3.8) is 0 Å². The van der Waals surface area contributed by atoms with Gasteiger partial charge in [-0.15, -0.1) is 0 Å². The Bertz CT molecular complexity index is 1810. The second kappa shape index (κ2) is 9.81. The fraction of sp³-hybridized carbons (Fsp3) is 0.167. The molecule has 198 valence electrons. The summed E-state index contributed by atoms with van der Waals surface area (Å²) in [6, 6.07) is 16.7. The highest BCUT2D eigenvalue weighted by molar-refractivity contribution is 5.90. The van der Waals surface area contributed by atoms with Gasteiger partial charge in [0, 0.05) is 42.1 Å². The summed E-state index contributed by atoms with van der Waals surface area (Å²) in [5.41, 5.74) is 6.19. The lowest BCUT2D eigenvalue weighted by Gasteiger charge is -2.16. The molecule has 0 bridgehead atoms. The number of aromatic nitrogens is 5. The number of anilines is 1. The van der Waals surface area contributed by atoms with Crippen LogP contribution >= 0.6 is 0 Å². The van der Waals surface area contributed by atoms with Gasteiger partial charge < -0.3 is 15.0 Å². The minimum Gasteiger partial charge on any atom is -0.478 e. The van der Waals surface area contributed by atoms with E-state index in [1.54, 1.807) is 34.2 Å². The molecule has 0 saturated carbocycles. The molecule has 3 aromatic heterocycles. The summed E-state index contributed by atoms with van der Waals surface area (Å²) in [5.74, 6) is 0.737. The fourth-order valence-electron chi connectivity index (χ4n) is 5.13. The number of urea groups is 1. The van der Waals surface area contributed by atoms with Gasteiger partial charge in [0.05, 0.1) is 29.6 Å². The summed E-state index contributed by atoms with van der Waals surface area (Å²) in [4.78, 5) is 31.4. The molecule has 5 aromatic rings. The number of H-pyrrole nitrogens is 1. The monoisotopic (exact) mass is 531 g/mol. The molecule has 0 radical (unpaired) electrons. The Kier molecular flexibility index (Phi) is 5.85. The predicted molar refractivity (Wildman–Crippen MR) is 151 cm³/mol. The maximum absolute atomic E-state index is 12.8. The SMILES string of the molecule is O=C(Nc1ccc(-c2cc(-c3ccc4c(cnn4C4=CCCCO4)c3)c(=O)[nH]n2)cc1)N1Cc2ccncc2C1. The minimum absolute atomic E-state index is 0.168. The Morgan fingerprint density at radius 3 is 2.65 bits per heavy atom. The van der Waals surface area contributed by atoms with Crippen LogP contribution in [0, 0.1) is 0 Å². The molecule has 2 aliphatic rings. The molecule has 40 heavy (non-hydrogen) atoms. The highest BCUT2D eigenvalue weighted by atomic mass is 16.5. The third-order valence-corrected chi connectivity index (χ3v) is 7.25. The Hall–Kier alpha value is -5.25. The number of ether oxygens (including phenoxy) is 1. The highest BCUT2D eigenvalue weighted by Gasteiger charge is 2.23. The van der Waals surface area contributed by atoms with E-state index in [-0.39, 0.29) is 11.6 Å². The van der Waals surface area contributed by atoms with Gasteiger partial charge >= 0.3 is 6.03 Å². The lowest BCUT2D eigenvalue weighted by molar-refractivity contribution is 0.212. The zero-order valence-corrected chi connectivity index (χ0v) is 21.5. The number of amides is 2. The molecule has 10 heteroatoms. The molecule has 0 spiro atoms. The van der Waals surface area contributed by atoms with Gasteiger partial charge in [-0.25, -0.2) is 14.6 Å². The molecule has 2 aromatic carbocycles. The molecule has 2 N–H and O–H groups in total. The summed E-state index contributed by atoms with van der Waals surface area (Å²) >= 11 is 0. The molecule has 2 amide bonds. The van der Waals surface area contributed by atoms with Crippen LogP contribution in [0.4, 0.5) is 10.5 Å². The number of benzene rings is 2. The lowest BCUT2D eigenvalue weighted by Crippen LogP contribution is -2.30. The largest absolute Gasteiger partial charge is 0.478 e. The number of fused-ring (bicyclic) bond motifs is 2. The first-order chi connectivity index (χ1) is 19.6. The third kappa shape index (κ3) is 4.39. The van der Waals surface area contributed by atoms with Gasteiger partial charge in [-0.3, -0.25) is 9.78 Å². The number of hydrogen-bond acceptors (Lipinski definition) is 6. The molecule has 0 saturated heterocycles.